The second-order valence-electron chi connectivity index (χ2n) is 6.94. The van der Waals surface area contributed by atoms with Gasteiger partial charge in [0.1, 0.15) is 5.75 Å². The molecule has 7 heteroatoms. The van der Waals surface area contributed by atoms with Crippen molar-refractivity contribution >= 4 is 30.0 Å². The monoisotopic (exact) mass is 461 g/mol. The van der Waals surface area contributed by atoms with Crippen molar-refractivity contribution < 1.29 is 19.7 Å². The maximum Gasteiger partial charge on any atom is 0.335 e. The number of hydrogen-bond donors (Lipinski definition) is 3. The minimum Gasteiger partial charge on any atom is -0.496 e. The zero-order valence-electron chi connectivity index (χ0n) is 17.0. The second kappa shape index (κ2) is 11.7. The van der Waals surface area contributed by atoms with Crippen LogP contribution in [0.2, 0.25) is 5.02 Å². The van der Waals surface area contributed by atoms with Gasteiger partial charge in [-0.05, 0) is 60.0 Å². The van der Waals surface area contributed by atoms with Crippen molar-refractivity contribution in [1.82, 2.24) is 5.32 Å². The van der Waals surface area contributed by atoms with Crippen molar-refractivity contribution in [3.63, 3.8) is 0 Å². The average Bonchev–Trinajstić information content (AvgIpc) is 2.76. The number of ether oxygens (including phenoxy) is 1. The molecule has 0 aliphatic heterocycles. The van der Waals surface area contributed by atoms with Crippen LogP contribution in [0.3, 0.4) is 0 Å². The van der Waals surface area contributed by atoms with Crippen molar-refractivity contribution in [2.75, 3.05) is 20.2 Å². The Balaban J connectivity index is 0.00000341. The van der Waals surface area contributed by atoms with E-state index in [4.69, 9.17) is 21.4 Å². The molecule has 0 heterocycles. The normalized spacial score (nSPS) is 11.5. The number of carboxylic acid groups (broad SMARTS) is 1. The van der Waals surface area contributed by atoms with E-state index in [2.05, 4.69) is 5.32 Å². The van der Waals surface area contributed by atoms with Gasteiger partial charge in [0.15, 0.2) is 0 Å². The van der Waals surface area contributed by atoms with Gasteiger partial charge >= 0.3 is 5.97 Å². The van der Waals surface area contributed by atoms with E-state index < -0.39 is 12.1 Å². The highest BCUT2D eigenvalue weighted by molar-refractivity contribution is 6.30. The van der Waals surface area contributed by atoms with Crippen molar-refractivity contribution in [2.24, 2.45) is 0 Å². The lowest BCUT2D eigenvalue weighted by molar-refractivity contribution is 0.0697. The molecule has 0 radical (unpaired) electrons. The van der Waals surface area contributed by atoms with Crippen LogP contribution in [0.25, 0.3) is 11.1 Å². The van der Waals surface area contributed by atoms with Crippen LogP contribution in [-0.2, 0) is 6.42 Å². The fourth-order valence-corrected chi connectivity index (χ4v) is 3.42. The van der Waals surface area contributed by atoms with Gasteiger partial charge in [-0.15, -0.1) is 12.4 Å². The zero-order chi connectivity index (χ0) is 21.5. The van der Waals surface area contributed by atoms with Crippen LogP contribution in [0.4, 0.5) is 0 Å². The number of methoxy groups -OCH3 is 1. The summed E-state index contributed by atoms with van der Waals surface area (Å²) in [5, 5.41) is 23.2. The van der Waals surface area contributed by atoms with Crippen LogP contribution >= 0.6 is 24.0 Å². The van der Waals surface area contributed by atoms with E-state index in [0.717, 1.165) is 34.4 Å². The molecule has 3 aromatic carbocycles. The van der Waals surface area contributed by atoms with Crippen LogP contribution in [-0.4, -0.2) is 36.4 Å². The fourth-order valence-electron chi connectivity index (χ4n) is 3.23. The lowest BCUT2D eigenvalue weighted by Gasteiger charge is -2.14. The molecule has 0 aliphatic carbocycles. The number of carbonyl (C=O) groups is 1. The van der Waals surface area contributed by atoms with Crippen LogP contribution in [0.5, 0.6) is 5.75 Å². The minimum absolute atomic E-state index is 0. The smallest absolute Gasteiger partial charge is 0.335 e. The topological polar surface area (TPSA) is 78.8 Å². The molecule has 0 bridgehead atoms. The molecule has 0 aliphatic rings. The third-order valence-electron chi connectivity index (χ3n) is 4.87. The highest BCUT2D eigenvalue weighted by Gasteiger charge is 2.10. The summed E-state index contributed by atoms with van der Waals surface area (Å²) in [7, 11) is 1.62. The molecule has 3 N–H and O–H groups in total. The number of aliphatic hydroxyl groups is 1. The van der Waals surface area contributed by atoms with Gasteiger partial charge in [-0.2, -0.15) is 0 Å². The summed E-state index contributed by atoms with van der Waals surface area (Å²) in [4.78, 5) is 11.0. The molecule has 0 saturated heterocycles. The number of nitrogens with one attached hydrogen (secondary N) is 1. The summed E-state index contributed by atoms with van der Waals surface area (Å²) in [5.74, 6) is -0.216. The number of halogens is 2. The average molecular weight is 462 g/mol. The molecule has 0 unspecified atom stereocenters. The predicted molar refractivity (Wildman–Crippen MR) is 126 cm³/mol. The van der Waals surface area contributed by atoms with Gasteiger partial charge in [0.2, 0.25) is 0 Å². The van der Waals surface area contributed by atoms with Gasteiger partial charge in [0.25, 0.3) is 0 Å². The molecule has 31 heavy (non-hydrogen) atoms. The Bertz CT molecular complexity index is 1010. The number of aromatic carboxylic acids is 1. The van der Waals surface area contributed by atoms with Gasteiger partial charge < -0.3 is 20.3 Å². The highest BCUT2D eigenvalue weighted by atomic mass is 35.5. The standard InChI is InChI=1S/C24H24ClNO4.ClH/c1-30-23-13-16(5-10-21(23)17-6-8-18(9-7-17)24(28)29)11-12-26-15-22(27)19-3-2-4-20(25)14-19;/h2-10,13-14,22,26-27H,11-12,15H2,1H3,(H,28,29);1H/t22-;/m0./s1. The summed E-state index contributed by atoms with van der Waals surface area (Å²) >= 11 is 5.97. The molecule has 0 saturated carbocycles. The molecule has 5 nitrogen and oxygen atoms in total. The van der Waals surface area contributed by atoms with Crippen molar-refractivity contribution in [1.29, 1.82) is 0 Å². The second-order valence-corrected chi connectivity index (χ2v) is 7.38. The van der Waals surface area contributed by atoms with Gasteiger partial charge in [0, 0.05) is 17.1 Å². The number of rotatable bonds is 9. The van der Waals surface area contributed by atoms with Crippen LogP contribution < -0.4 is 10.1 Å². The Kier molecular flexibility index (Phi) is 9.34. The first-order chi connectivity index (χ1) is 14.5. The Morgan fingerprint density at radius 3 is 2.48 bits per heavy atom. The van der Waals surface area contributed by atoms with Gasteiger partial charge in [-0.3, -0.25) is 0 Å². The van der Waals surface area contributed by atoms with Gasteiger partial charge in [-0.25, -0.2) is 4.79 Å². The fraction of sp³-hybridized carbons (Fsp3) is 0.208. The molecule has 0 spiro atoms. The molecule has 164 valence electrons. The highest BCUT2D eigenvalue weighted by Crippen LogP contribution is 2.31. The van der Waals surface area contributed by atoms with Crippen LogP contribution in [0.1, 0.15) is 27.6 Å². The number of carboxylic acids is 1. The van der Waals surface area contributed by atoms with E-state index in [0.29, 0.717) is 18.1 Å². The third-order valence-corrected chi connectivity index (χ3v) is 5.11. The summed E-state index contributed by atoms with van der Waals surface area (Å²) in [5.41, 5.74) is 3.94. The van der Waals surface area contributed by atoms with E-state index >= 15 is 0 Å². The molecule has 3 rings (SSSR count). The lowest BCUT2D eigenvalue weighted by atomic mass is 10.00. The summed E-state index contributed by atoms with van der Waals surface area (Å²) in [6.07, 6.45) is 0.158. The first-order valence-electron chi connectivity index (χ1n) is 9.63. The van der Waals surface area contributed by atoms with E-state index in [1.165, 1.54) is 0 Å². The largest absolute Gasteiger partial charge is 0.496 e. The number of aliphatic hydroxyl groups excluding tert-OH is 1. The van der Waals surface area contributed by atoms with Crippen LogP contribution in [0, 0.1) is 0 Å². The minimum atomic E-state index is -0.947. The Hall–Kier alpha value is -2.57. The van der Waals surface area contributed by atoms with E-state index in [1.807, 2.05) is 30.3 Å². The van der Waals surface area contributed by atoms with Gasteiger partial charge in [-0.1, -0.05) is 48.0 Å². The maximum absolute atomic E-state index is 11.0. The Labute approximate surface area is 193 Å². The van der Waals surface area contributed by atoms with E-state index in [9.17, 15) is 9.90 Å². The molecular weight excluding hydrogens is 437 g/mol. The van der Waals surface area contributed by atoms with E-state index in [-0.39, 0.29) is 18.0 Å². The van der Waals surface area contributed by atoms with Crippen molar-refractivity contribution in [3.8, 4) is 16.9 Å². The molecule has 1 atom stereocenters. The molecular formula is C24H25Cl2NO4. The van der Waals surface area contributed by atoms with Gasteiger partial charge in [0.05, 0.1) is 18.8 Å². The first kappa shape index (κ1) is 24.7. The summed E-state index contributed by atoms with van der Waals surface area (Å²) < 4.78 is 5.54. The number of benzene rings is 3. The summed E-state index contributed by atoms with van der Waals surface area (Å²) in [6.45, 7) is 1.14. The molecule has 3 aromatic rings. The molecule has 0 fully saturated rings. The molecule has 0 aromatic heterocycles. The van der Waals surface area contributed by atoms with E-state index in [1.54, 1.807) is 43.5 Å². The predicted octanol–water partition coefficient (Wildman–Crippen LogP) is 5.00. The Morgan fingerprint density at radius 1 is 1.10 bits per heavy atom. The third kappa shape index (κ3) is 6.71. The Morgan fingerprint density at radius 2 is 1.84 bits per heavy atom. The number of hydrogen-bond acceptors (Lipinski definition) is 4. The molecule has 0 amide bonds. The van der Waals surface area contributed by atoms with Crippen LogP contribution in [0.15, 0.2) is 66.7 Å². The lowest BCUT2D eigenvalue weighted by Crippen LogP contribution is -2.23. The SMILES string of the molecule is COc1cc(CCNC[C@H](O)c2cccc(Cl)c2)ccc1-c1ccc(C(=O)O)cc1.Cl. The quantitative estimate of drug-likeness (QED) is 0.390. The summed E-state index contributed by atoms with van der Waals surface area (Å²) in [6, 6.07) is 19.9. The van der Waals surface area contributed by atoms with Crippen molar-refractivity contribution in [3.05, 3.63) is 88.4 Å². The zero-order valence-corrected chi connectivity index (χ0v) is 18.6. The van der Waals surface area contributed by atoms with Crippen molar-refractivity contribution in [2.45, 2.75) is 12.5 Å². The first-order valence-corrected chi connectivity index (χ1v) is 10.0. The maximum atomic E-state index is 11.0.